The third-order valence-corrected chi connectivity index (χ3v) is 5.74. The number of nitrogens with one attached hydrogen (secondary N) is 1. The minimum absolute atomic E-state index is 0.0777. The van der Waals surface area contributed by atoms with Gasteiger partial charge in [0.1, 0.15) is 18.0 Å². The van der Waals surface area contributed by atoms with Gasteiger partial charge in [-0.05, 0) is 28.1 Å². The molecule has 1 N–H and O–H groups in total. The third kappa shape index (κ3) is 4.01. The molecule has 0 radical (unpaired) electrons. The molecule has 4 rings (SSSR count). The Labute approximate surface area is 176 Å². The standard InChI is InChI=1S/C22H27N5O3/c1-28-13-12-27-22(23-24-25-27)21(19-9-8-18(29-2)14-20(19)30-3)26-11-10-16-6-4-5-7-17(16)15-26/h4-9,14,21H,10-13,15H2,1-3H3/p+1/t21-/m0/s1. The van der Waals surface area contributed by atoms with Gasteiger partial charge in [0, 0.05) is 25.2 Å². The summed E-state index contributed by atoms with van der Waals surface area (Å²) < 4.78 is 18.3. The zero-order valence-corrected chi connectivity index (χ0v) is 17.7. The number of ether oxygens (including phenoxy) is 3. The van der Waals surface area contributed by atoms with Crippen molar-refractivity contribution in [2.75, 3.05) is 34.5 Å². The summed E-state index contributed by atoms with van der Waals surface area (Å²) in [4.78, 5) is 1.38. The molecule has 2 aromatic carbocycles. The van der Waals surface area contributed by atoms with E-state index in [-0.39, 0.29) is 6.04 Å². The van der Waals surface area contributed by atoms with Crippen LogP contribution in [0.5, 0.6) is 11.5 Å². The SMILES string of the molecule is COCCn1nnnc1[C@H](c1ccc(OC)cc1OC)[NH+]1CCc2ccccc2C1. The van der Waals surface area contributed by atoms with Crippen LogP contribution in [-0.4, -0.2) is 54.7 Å². The normalized spacial score (nSPS) is 16.7. The maximum atomic E-state index is 5.75. The van der Waals surface area contributed by atoms with Gasteiger partial charge in [0.05, 0.1) is 39.5 Å². The van der Waals surface area contributed by atoms with Crippen molar-refractivity contribution in [1.29, 1.82) is 0 Å². The maximum Gasteiger partial charge on any atom is 0.214 e. The van der Waals surface area contributed by atoms with Gasteiger partial charge in [-0.2, -0.15) is 0 Å². The highest BCUT2D eigenvalue weighted by atomic mass is 16.5. The molecule has 1 aliphatic rings. The van der Waals surface area contributed by atoms with E-state index in [1.807, 2.05) is 16.8 Å². The van der Waals surface area contributed by atoms with Gasteiger partial charge >= 0.3 is 0 Å². The zero-order valence-electron chi connectivity index (χ0n) is 17.7. The number of methoxy groups -OCH3 is 3. The lowest BCUT2D eigenvalue weighted by atomic mass is 9.95. The van der Waals surface area contributed by atoms with Gasteiger partial charge in [-0.25, -0.2) is 4.68 Å². The predicted octanol–water partition coefficient (Wildman–Crippen LogP) is 1.07. The van der Waals surface area contributed by atoms with E-state index in [0.29, 0.717) is 13.2 Å². The van der Waals surface area contributed by atoms with Gasteiger partial charge in [-0.15, -0.1) is 5.10 Å². The average molecular weight is 410 g/mol. The van der Waals surface area contributed by atoms with E-state index in [0.717, 1.165) is 42.4 Å². The first-order chi connectivity index (χ1) is 14.7. The van der Waals surface area contributed by atoms with Crippen LogP contribution in [0.25, 0.3) is 0 Å². The summed E-state index contributed by atoms with van der Waals surface area (Å²) in [5, 5.41) is 12.6. The molecule has 1 unspecified atom stereocenters. The number of nitrogens with zero attached hydrogens (tertiary/aromatic N) is 4. The fourth-order valence-corrected chi connectivity index (χ4v) is 4.20. The average Bonchev–Trinajstić information content (AvgIpc) is 3.26. The lowest BCUT2D eigenvalue weighted by molar-refractivity contribution is -0.941. The summed E-state index contributed by atoms with van der Waals surface area (Å²) in [6, 6.07) is 14.5. The number of fused-ring (bicyclic) bond motifs is 1. The van der Waals surface area contributed by atoms with E-state index in [1.165, 1.54) is 16.0 Å². The van der Waals surface area contributed by atoms with Crippen LogP contribution in [0.2, 0.25) is 0 Å². The van der Waals surface area contributed by atoms with E-state index >= 15 is 0 Å². The van der Waals surface area contributed by atoms with Crippen LogP contribution in [0.4, 0.5) is 0 Å². The van der Waals surface area contributed by atoms with Crippen molar-refractivity contribution in [2.45, 2.75) is 25.6 Å². The molecule has 0 saturated carbocycles. The summed E-state index contributed by atoms with van der Waals surface area (Å²) in [7, 11) is 5.02. The Kier molecular flexibility index (Phi) is 6.25. The Morgan fingerprint density at radius 1 is 1.07 bits per heavy atom. The molecule has 2 atom stereocenters. The fraction of sp³-hybridized carbons (Fsp3) is 0.409. The van der Waals surface area contributed by atoms with Crippen molar-refractivity contribution in [3.63, 3.8) is 0 Å². The minimum Gasteiger partial charge on any atom is -0.497 e. The van der Waals surface area contributed by atoms with Crippen molar-refractivity contribution in [2.24, 2.45) is 0 Å². The van der Waals surface area contributed by atoms with Gasteiger partial charge in [-0.3, -0.25) is 0 Å². The molecule has 0 amide bonds. The van der Waals surface area contributed by atoms with Gasteiger partial charge in [-0.1, -0.05) is 24.3 Å². The number of rotatable bonds is 8. The topological polar surface area (TPSA) is 75.7 Å². The first kappa shape index (κ1) is 20.3. The second kappa shape index (κ2) is 9.23. The van der Waals surface area contributed by atoms with Crippen LogP contribution < -0.4 is 14.4 Å². The number of hydrogen-bond donors (Lipinski definition) is 1. The van der Waals surface area contributed by atoms with Crippen molar-refractivity contribution in [3.05, 3.63) is 65.0 Å². The van der Waals surface area contributed by atoms with Crippen molar-refractivity contribution in [1.82, 2.24) is 20.2 Å². The van der Waals surface area contributed by atoms with Gasteiger partial charge in [0.25, 0.3) is 0 Å². The smallest absolute Gasteiger partial charge is 0.214 e. The lowest BCUT2D eigenvalue weighted by Gasteiger charge is -2.32. The van der Waals surface area contributed by atoms with Gasteiger partial charge in [0.15, 0.2) is 6.04 Å². The summed E-state index contributed by atoms with van der Waals surface area (Å²) in [6.07, 6.45) is 1.01. The molecule has 8 heteroatoms. The number of quaternary nitrogens is 1. The fourth-order valence-electron chi connectivity index (χ4n) is 4.20. The highest BCUT2D eigenvalue weighted by Gasteiger charge is 2.36. The van der Waals surface area contributed by atoms with Gasteiger partial charge in [0.2, 0.25) is 5.82 Å². The monoisotopic (exact) mass is 410 g/mol. The maximum absolute atomic E-state index is 5.75. The van der Waals surface area contributed by atoms with Crippen LogP contribution in [0.1, 0.15) is 28.6 Å². The number of benzene rings is 2. The van der Waals surface area contributed by atoms with Crippen LogP contribution in [0.15, 0.2) is 42.5 Å². The molecule has 0 fully saturated rings. The molecule has 3 aromatic rings. The van der Waals surface area contributed by atoms with Crippen LogP contribution >= 0.6 is 0 Å². The van der Waals surface area contributed by atoms with E-state index in [4.69, 9.17) is 14.2 Å². The summed E-state index contributed by atoms with van der Waals surface area (Å²) in [6.45, 7) is 3.02. The molecule has 158 valence electrons. The van der Waals surface area contributed by atoms with Crippen LogP contribution in [-0.2, 0) is 24.2 Å². The third-order valence-electron chi connectivity index (χ3n) is 5.74. The number of aromatic nitrogens is 4. The lowest BCUT2D eigenvalue weighted by Crippen LogP contribution is -3.12. The van der Waals surface area contributed by atoms with Gasteiger partial charge < -0.3 is 19.1 Å². The summed E-state index contributed by atoms with van der Waals surface area (Å²) >= 11 is 0. The first-order valence-corrected chi connectivity index (χ1v) is 10.1. The Hall–Kier alpha value is -2.97. The van der Waals surface area contributed by atoms with Crippen molar-refractivity contribution >= 4 is 0 Å². The van der Waals surface area contributed by atoms with Crippen LogP contribution in [0.3, 0.4) is 0 Å². The molecule has 2 heterocycles. The summed E-state index contributed by atoms with van der Waals surface area (Å²) in [5.41, 5.74) is 3.83. The van der Waals surface area contributed by atoms with Crippen molar-refractivity contribution in [3.8, 4) is 11.5 Å². The molecule has 0 saturated heterocycles. The molecule has 0 bridgehead atoms. The highest BCUT2D eigenvalue weighted by Crippen LogP contribution is 2.31. The second-order valence-electron chi connectivity index (χ2n) is 7.40. The Morgan fingerprint density at radius 3 is 2.67 bits per heavy atom. The first-order valence-electron chi connectivity index (χ1n) is 10.1. The predicted molar refractivity (Wildman–Crippen MR) is 111 cm³/mol. The Bertz CT molecular complexity index is 990. The molecular weight excluding hydrogens is 382 g/mol. The molecule has 30 heavy (non-hydrogen) atoms. The zero-order chi connectivity index (χ0) is 20.9. The van der Waals surface area contributed by atoms with Crippen molar-refractivity contribution < 1.29 is 19.1 Å². The molecule has 1 aromatic heterocycles. The molecule has 0 aliphatic carbocycles. The molecule has 0 spiro atoms. The quantitative estimate of drug-likeness (QED) is 0.599. The number of tetrazole rings is 1. The Balaban J connectivity index is 1.78. The Morgan fingerprint density at radius 2 is 1.90 bits per heavy atom. The van der Waals surface area contributed by atoms with Crippen LogP contribution in [0, 0.1) is 0 Å². The van der Waals surface area contributed by atoms with E-state index < -0.39 is 0 Å². The second-order valence-corrected chi connectivity index (χ2v) is 7.40. The number of hydrogen-bond acceptors (Lipinski definition) is 6. The minimum atomic E-state index is -0.0777. The molecule has 8 nitrogen and oxygen atoms in total. The van der Waals surface area contributed by atoms with E-state index in [2.05, 4.69) is 45.9 Å². The highest BCUT2D eigenvalue weighted by molar-refractivity contribution is 5.43. The molecule has 1 aliphatic heterocycles. The van der Waals surface area contributed by atoms with E-state index in [1.54, 1.807) is 21.3 Å². The van der Waals surface area contributed by atoms with E-state index in [9.17, 15) is 0 Å². The molecular formula is C22H28N5O3+. The summed E-state index contributed by atoms with van der Waals surface area (Å²) in [5.74, 6) is 2.34. The largest absolute Gasteiger partial charge is 0.497 e.